The van der Waals surface area contributed by atoms with Crippen molar-refractivity contribution in [2.45, 2.75) is 44.6 Å². The molecule has 0 aliphatic rings. The number of anilines is 1. The number of aromatic nitrogens is 1. The zero-order valence-electron chi connectivity index (χ0n) is 19.2. The van der Waals surface area contributed by atoms with Crippen molar-refractivity contribution in [1.29, 1.82) is 0 Å². The Morgan fingerprint density at radius 2 is 1.79 bits per heavy atom. The summed E-state index contributed by atoms with van der Waals surface area (Å²) in [5, 5.41) is 6.68. The average Bonchev–Trinajstić information content (AvgIpc) is 3.15. The molecule has 3 aromatic rings. The molecule has 0 saturated carbocycles. The molecule has 1 atom stereocenters. The van der Waals surface area contributed by atoms with E-state index in [0.29, 0.717) is 11.4 Å². The molecule has 0 aliphatic heterocycles. The number of nitrogens with one attached hydrogen (secondary N) is 1. The van der Waals surface area contributed by atoms with E-state index in [1.54, 1.807) is 31.2 Å². The Kier molecular flexibility index (Phi) is 7.75. The number of carbonyl (C=O) groups is 1. The van der Waals surface area contributed by atoms with Crippen LogP contribution in [0.1, 0.15) is 30.4 Å². The Hall–Kier alpha value is -3.33. The van der Waals surface area contributed by atoms with Gasteiger partial charge in [0.1, 0.15) is 18.0 Å². The maximum atomic E-state index is 13.5. The summed E-state index contributed by atoms with van der Waals surface area (Å²) in [6.07, 6.45) is 1.54. The van der Waals surface area contributed by atoms with E-state index in [-0.39, 0.29) is 28.9 Å². The number of sulfonamides is 1. The van der Waals surface area contributed by atoms with E-state index in [1.807, 2.05) is 37.3 Å². The molecule has 0 radical (unpaired) electrons. The Balaban J connectivity index is 1.79. The van der Waals surface area contributed by atoms with E-state index in [4.69, 9.17) is 9.26 Å². The number of methoxy groups -OCH3 is 1. The number of hydrogen-bond acceptors (Lipinski definition) is 6. The highest BCUT2D eigenvalue weighted by Crippen LogP contribution is 2.29. The molecular weight excluding hydrogens is 442 g/mol. The minimum absolute atomic E-state index is 0.0387. The highest BCUT2D eigenvalue weighted by molar-refractivity contribution is 7.93. The molecule has 0 bridgehead atoms. The quantitative estimate of drug-likeness (QED) is 0.484. The highest BCUT2D eigenvalue weighted by atomic mass is 32.2. The van der Waals surface area contributed by atoms with Crippen molar-refractivity contribution in [1.82, 2.24) is 10.5 Å². The van der Waals surface area contributed by atoms with Crippen LogP contribution < -0.4 is 14.4 Å². The fourth-order valence-corrected chi connectivity index (χ4v) is 5.29. The number of ether oxygens (including phenoxy) is 1. The summed E-state index contributed by atoms with van der Waals surface area (Å²) in [4.78, 5) is 12.8. The smallest absolute Gasteiger partial charge is 0.270 e. The van der Waals surface area contributed by atoms with Crippen LogP contribution in [0.25, 0.3) is 0 Å². The van der Waals surface area contributed by atoms with E-state index in [1.165, 1.54) is 19.6 Å². The SMILES string of the molecule is COc1ccc(N(CC(=O)NC(C)CCc2ccccc2)S(=O)(=O)c2c(C)noc2C)cc1. The highest BCUT2D eigenvalue weighted by Gasteiger charge is 2.33. The molecule has 0 spiro atoms. The number of carbonyl (C=O) groups excluding carboxylic acids is 1. The first-order valence-electron chi connectivity index (χ1n) is 10.7. The molecule has 1 N–H and O–H groups in total. The standard InChI is InChI=1S/C24H29N3O5S/c1-17(10-11-20-8-6-5-7-9-20)25-23(28)16-27(21-12-14-22(31-4)15-13-21)33(29,30)24-18(2)26-32-19(24)3/h5-9,12-15,17H,10-11,16H2,1-4H3,(H,25,28). The molecule has 2 aromatic carbocycles. The maximum Gasteiger partial charge on any atom is 0.270 e. The van der Waals surface area contributed by atoms with Crippen molar-refractivity contribution < 1.29 is 22.5 Å². The van der Waals surface area contributed by atoms with Crippen molar-refractivity contribution in [3.8, 4) is 5.75 Å². The predicted molar refractivity (Wildman–Crippen MR) is 126 cm³/mol. The second kappa shape index (κ2) is 10.5. The number of aryl methyl sites for hydroxylation is 3. The molecule has 1 heterocycles. The lowest BCUT2D eigenvalue weighted by atomic mass is 10.1. The van der Waals surface area contributed by atoms with Gasteiger partial charge in [0.25, 0.3) is 10.0 Å². The van der Waals surface area contributed by atoms with E-state index in [2.05, 4.69) is 10.5 Å². The van der Waals surface area contributed by atoms with Crippen molar-refractivity contribution in [3.05, 3.63) is 71.6 Å². The summed E-state index contributed by atoms with van der Waals surface area (Å²) in [7, 11) is -2.58. The van der Waals surface area contributed by atoms with E-state index < -0.39 is 15.9 Å². The van der Waals surface area contributed by atoms with Gasteiger partial charge in [-0.25, -0.2) is 8.42 Å². The number of benzene rings is 2. The number of amides is 1. The average molecular weight is 472 g/mol. The summed E-state index contributed by atoms with van der Waals surface area (Å²) in [6, 6.07) is 16.3. The lowest BCUT2D eigenvalue weighted by Gasteiger charge is -2.25. The fraction of sp³-hybridized carbons (Fsp3) is 0.333. The fourth-order valence-electron chi connectivity index (χ4n) is 3.57. The third-order valence-corrected chi connectivity index (χ3v) is 7.30. The first-order chi connectivity index (χ1) is 15.7. The summed E-state index contributed by atoms with van der Waals surface area (Å²) in [6.45, 7) is 4.61. The maximum absolute atomic E-state index is 13.5. The molecule has 8 nitrogen and oxygen atoms in total. The Labute approximate surface area is 194 Å². The third kappa shape index (κ3) is 5.92. The van der Waals surface area contributed by atoms with Gasteiger partial charge in [-0.15, -0.1) is 0 Å². The molecular formula is C24H29N3O5S. The van der Waals surface area contributed by atoms with Gasteiger partial charge in [-0.05, 0) is 63.4 Å². The van der Waals surface area contributed by atoms with E-state index >= 15 is 0 Å². The first-order valence-corrected chi connectivity index (χ1v) is 12.1. The van der Waals surface area contributed by atoms with Gasteiger partial charge in [-0.3, -0.25) is 9.10 Å². The van der Waals surface area contributed by atoms with Crippen LogP contribution in [0.4, 0.5) is 5.69 Å². The van der Waals surface area contributed by atoms with Crippen LogP contribution in [0.3, 0.4) is 0 Å². The number of nitrogens with zero attached hydrogens (tertiary/aromatic N) is 2. The van der Waals surface area contributed by atoms with E-state index in [9.17, 15) is 13.2 Å². The van der Waals surface area contributed by atoms with Crippen LogP contribution >= 0.6 is 0 Å². The van der Waals surface area contributed by atoms with Gasteiger partial charge in [0.15, 0.2) is 10.7 Å². The van der Waals surface area contributed by atoms with Crippen LogP contribution in [0, 0.1) is 13.8 Å². The normalized spacial score (nSPS) is 12.2. The second-order valence-corrected chi connectivity index (χ2v) is 9.65. The van der Waals surface area contributed by atoms with Crippen molar-refractivity contribution in [2.24, 2.45) is 0 Å². The summed E-state index contributed by atoms with van der Waals surface area (Å²) >= 11 is 0. The Morgan fingerprint density at radius 1 is 1.12 bits per heavy atom. The van der Waals surface area contributed by atoms with Gasteiger partial charge >= 0.3 is 0 Å². The van der Waals surface area contributed by atoms with Crippen molar-refractivity contribution in [2.75, 3.05) is 18.0 Å². The molecule has 0 fully saturated rings. The topological polar surface area (TPSA) is 102 Å². The van der Waals surface area contributed by atoms with Gasteiger partial charge < -0.3 is 14.6 Å². The summed E-state index contributed by atoms with van der Waals surface area (Å²) in [5.74, 6) is 0.344. The third-order valence-electron chi connectivity index (χ3n) is 5.28. The molecule has 0 saturated heterocycles. The molecule has 1 unspecified atom stereocenters. The van der Waals surface area contributed by atoms with Crippen molar-refractivity contribution in [3.63, 3.8) is 0 Å². The van der Waals surface area contributed by atoms with Crippen LogP contribution in [-0.4, -0.2) is 39.2 Å². The number of hydrogen-bond donors (Lipinski definition) is 1. The van der Waals surface area contributed by atoms with E-state index in [0.717, 1.165) is 17.1 Å². The largest absolute Gasteiger partial charge is 0.497 e. The molecule has 1 aromatic heterocycles. The zero-order valence-corrected chi connectivity index (χ0v) is 20.1. The minimum Gasteiger partial charge on any atom is -0.497 e. The van der Waals surface area contributed by atoms with Gasteiger partial charge in [0, 0.05) is 6.04 Å². The lowest BCUT2D eigenvalue weighted by Crippen LogP contribution is -2.44. The van der Waals surface area contributed by atoms with Crippen LogP contribution in [0.5, 0.6) is 5.75 Å². The Bertz CT molecular complexity index is 1160. The molecule has 1 amide bonds. The van der Waals surface area contributed by atoms with Crippen LogP contribution in [0.2, 0.25) is 0 Å². The van der Waals surface area contributed by atoms with Gasteiger partial charge in [-0.2, -0.15) is 0 Å². The summed E-state index contributed by atoms with van der Waals surface area (Å²) < 4.78 is 38.4. The van der Waals surface area contributed by atoms with Crippen LogP contribution in [0.15, 0.2) is 64.0 Å². The lowest BCUT2D eigenvalue weighted by molar-refractivity contribution is -0.120. The molecule has 9 heteroatoms. The van der Waals surface area contributed by atoms with Gasteiger partial charge in [0.05, 0.1) is 12.8 Å². The molecule has 176 valence electrons. The van der Waals surface area contributed by atoms with Crippen LogP contribution in [-0.2, 0) is 21.2 Å². The second-order valence-electron chi connectivity index (χ2n) is 7.86. The minimum atomic E-state index is -4.10. The van der Waals surface area contributed by atoms with Crippen molar-refractivity contribution >= 4 is 21.6 Å². The first kappa shape index (κ1) is 24.3. The monoisotopic (exact) mass is 471 g/mol. The predicted octanol–water partition coefficient (Wildman–Crippen LogP) is 3.63. The molecule has 3 rings (SSSR count). The zero-order chi connectivity index (χ0) is 24.0. The molecule has 33 heavy (non-hydrogen) atoms. The molecule has 0 aliphatic carbocycles. The van der Waals surface area contributed by atoms with Gasteiger partial charge in [-0.1, -0.05) is 35.5 Å². The Morgan fingerprint density at radius 3 is 2.36 bits per heavy atom. The number of rotatable bonds is 10. The van der Waals surface area contributed by atoms with Gasteiger partial charge in [0.2, 0.25) is 5.91 Å². The summed E-state index contributed by atoms with van der Waals surface area (Å²) in [5.41, 5.74) is 1.75.